The third-order valence-electron chi connectivity index (χ3n) is 3.58. The molecule has 0 radical (unpaired) electrons. The van der Waals surface area contributed by atoms with Gasteiger partial charge in [-0.1, -0.05) is 0 Å². The van der Waals surface area contributed by atoms with Gasteiger partial charge < -0.3 is 10.5 Å². The van der Waals surface area contributed by atoms with Gasteiger partial charge in [-0.3, -0.25) is 4.79 Å². The smallest absolute Gasteiger partial charge is 0.248 e. The Balaban J connectivity index is 2.10. The van der Waals surface area contributed by atoms with Crippen LogP contribution >= 0.6 is 0 Å². The van der Waals surface area contributed by atoms with E-state index in [9.17, 15) is 13.2 Å². The Labute approximate surface area is 124 Å². The Hall–Kier alpha value is -1.44. The van der Waals surface area contributed by atoms with E-state index in [1.807, 2.05) is 0 Å². The highest BCUT2D eigenvalue weighted by Gasteiger charge is 2.25. The average molecular weight is 312 g/mol. The van der Waals surface area contributed by atoms with Crippen molar-refractivity contribution in [3.8, 4) is 0 Å². The van der Waals surface area contributed by atoms with E-state index in [-0.39, 0.29) is 16.6 Å². The molecule has 6 nitrogen and oxygen atoms in total. The molecule has 1 fully saturated rings. The van der Waals surface area contributed by atoms with Gasteiger partial charge in [0.25, 0.3) is 0 Å². The fourth-order valence-corrected chi connectivity index (χ4v) is 3.51. The van der Waals surface area contributed by atoms with E-state index in [0.717, 1.165) is 19.3 Å². The van der Waals surface area contributed by atoms with Crippen LogP contribution in [0.4, 0.5) is 0 Å². The molecule has 0 aromatic heterocycles. The lowest BCUT2D eigenvalue weighted by Crippen LogP contribution is -2.37. The standard InChI is InChI=1S/C14H20N2O4S/c1-16(10-12-4-2-3-9-20-12)21(18,19)13-7-5-11(6-8-13)14(15)17/h5-8,12H,2-4,9-10H2,1H3,(H2,15,17). The van der Waals surface area contributed by atoms with Gasteiger partial charge in [0.15, 0.2) is 0 Å². The fraction of sp³-hybridized carbons (Fsp3) is 0.500. The molecule has 1 saturated heterocycles. The first-order valence-electron chi connectivity index (χ1n) is 6.89. The molecule has 2 N–H and O–H groups in total. The Kier molecular flexibility index (Phi) is 4.97. The second-order valence-corrected chi connectivity index (χ2v) is 7.21. The zero-order valence-corrected chi connectivity index (χ0v) is 12.8. The number of nitrogens with zero attached hydrogens (tertiary/aromatic N) is 1. The van der Waals surface area contributed by atoms with E-state index in [1.165, 1.54) is 35.6 Å². The van der Waals surface area contributed by atoms with Crippen molar-refractivity contribution in [2.24, 2.45) is 5.73 Å². The van der Waals surface area contributed by atoms with Crippen LogP contribution < -0.4 is 5.73 Å². The van der Waals surface area contributed by atoms with Crippen LogP contribution in [0.15, 0.2) is 29.2 Å². The second-order valence-electron chi connectivity index (χ2n) is 5.16. The molecule has 116 valence electrons. The molecule has 0 saturated carbocycles. The number of nitrogens with two attached hydrogens (primary N) is 1. The maximum Gasteiger partial charge on any atom is 0.248 e. The van der Waals surface area contributed by atoms with Crippen LogP contribution in [-0.4, -0.2) is 44.9 Å². The number of carbonyl (C=O) groups is 1. The number of rotatable bonds is 5. The van der Waals surface area contributed by atoms with Gasteiger partial charge in [-0.2, -0.15) is 4.31 Å². The molecule has 1 atom stereocenters. The van der Waals surface area contributed by atoms with Crippen molar-refractivity contribution in [2.45, 2.75) is 30.3 Å². The highest BCUT2D eigenvalue weighted by Crippen LogP contribution is 2.19. The van der Waals surface area contributed by atoms with Gasteiger partial charge in [0.05, 0.1) is 11.0 Å². The number of ether oxygens (including phenoxy) is 1. The van der Waals surface area contributed by atoms with E-state index < -0.39 is 15.9 Å². The summed E-state index contributed by atoms with van der Waals surface area (Å²) in [4.78, 5) is 11.1. The van der Waals surface area contributed by atoms with Crippen LogP contribution in [0.25, 0.3) is 0 Å². The molecule has 0 aliphatic carbocycles. The molecule has 1 aliphatic heterocycles. The second kappa shape index (κ2) is 6.55. The summed E-state index contributed by atoms with van der Waals surface area (Å²) < 4.78 is 31.7. The Morgan fingerprint density at radius 1 is 1.33 bits per heavy atom. The summed E-state index contributed by atoms with van der Waals surface area (Å²) in [5.41, 5.74) is 5.43. The minimum absolute atomic E-state index is 0.0524. The summed E-state index contributed by atoms with van der Waals surface area (Å²) in [6.07, 6.45) is 2.91. The predicted octanol–water partition coefficient (Wildman–Crippen LogP) is 0.975. The number of primary amides is 1. The lowest BCUT2D eigenvalue weighted by molar-refractivity contribution is 0.00858. The minimum atomic E-state index is -3.58. The first-order chi connectivity index (χ1) is 9.91. The number of hydrogen-bond donors (Lipinski definition) is 1. The van der Waals surface area contributed by atoms with Gasteiger partial charge in [-0.05, 0) is 43.5 Å². The van der Waals surface area contributed by atoms with Gasteiger partial charge in [0, 0.05) is 25.8 Å². The summed E-state index contributed by atoms with van der Waals surface area (Å²) in [5.74, 6) is -0.581. The number of benzene rings is 1. The van der Waals surface area contributed by atoms with Gasteiger partial charge in [0.2, 0.25) is 15.9 Å². The number of hydrogen-bond acceptors (Lipinski definition) is 4. The lowest BCUT2D eigenvalue weighted by atomic mass is 10.1. The first-order valence-corrected chi connectivity index (χ1v) is 8.33. The highest BCUT2D eigenvalue weighted by atomic mass is 32.2. The maximum atomic E-state index is 12.4. The SMILES string of the molecule is CN(CC1CCCCO1)S(=O)(=O)c1ccc(C(N)=O)cc1. The summed E-state index contributed by atoms with van der Waals surface area (Å²) in [6.45, 7) is 1.02. The normalized spacial score (nSPS) is 19.6. The van der Waals surface area contributed by atoms with Crippen molar-refractivity contribution in [1.29, 1.82) is 0 Å². The van der Waals surface area contributed by atoms with Crippen LogP contribution in [0.5, 0.6) is 0 Å². The van der Waals surface area contributed by atoms with Crippen molar-refractivity contribution in [3.05, 3.63) is 29.8 Å². The Morgan fingerprint density at radius 2 is 2.00 bits per heavy atom. The van der Waals surface area contributed by atoms with E-state index in [1.54, 1.807) is 0 Å². The van der Waals surface area contributed by atoms with Crippen molar-refractivity contribution in [2.75, 3.05) is 20.2 Å². The molecule has 0 spiro atoms. The molecule has 1 aromatic rings. The van der Waals surface area contributed by atoms with Crippen molar-refractivity contribution >= 4 is 15.9 Å². The number of carbonyl (C=O) groups excluding carboxylic acids is 1. The van der Waals surface area contributed by atoms with E-state index >= 15 is 0 Å². The predicted molar refractivity (Wildman–Crippen MR) is 78.4 cm³/mol. The van der Waals surface area contributed by atoms with Crippen molar-refractivity contribution in [1.82, 2.24) is 4.31 Å². The molecule has 1 heterocycles. The summed E-state index contributed by atoms with van der Waals surface area (Å²) in [6, 6.07) is 5.63. The molecule has 21 heavy (non-hydrogen) atoms. The quantitative estimate of drug-likeness (QED) is 0.877. The minimum Gasteiger partial charge on any atom is -0.377 e. The third kappa shape index (κ3) is 3.81. The van der Waals surface area contributed by atoms with Gasteiger partial charge in [-0.15, -0.1) is 0 Å². The number of amides is 1. The molecule has 1 amide bonds. The largest absolute Gasteiger partial charge is 0.377 e. The fourth-order valence-electron chi connectivity index (χ4n) is 2.31. The van der Waals surface area contributed by atoms with Crippen molar-refractivity contribution < 1.29 is 17.9 Å². The van der Waals surface area contributed by atoms with Crippen LogP contribution in [0.2, 0.25) is 0 Å². The number of likely N-dealkylation sites (N-methyl/N-ethyl adjacent to an activating group) is 1. The van der Waals surface area contributed by atoms with Gasteiger partial charge >= 0.3 is 0 Å². The molecule has 1 aliphatic rings. The first kappa shape index (κ1) is 15.9. The van der Waals surface area contributed by atoms with E-state index in [2.05, 4.69) is 0 Å². The topological polar surface area (TPSA) is 89.7 Å². The van der Waals surface area contributed by atoms with Crippen LogP contribution in [0.3, 0.4) is 0 Å². The summed E-state index contributed by atoms with van der Waals surface area (Å²) in [5, 5.41) is 0. The van der Waals surface area contributed by atoms with E-state index in [4.69, 9.17) is 10.5 Å². The lowest BCUT2D eigenvalue weighted by Gasteiger charge is -2.27. The molecule has 1 aromatic carbocycles. The molecule has 2 rings (SSSR count). The molecule has 7 heteroatoms. The van der Waals surface area contributed by atoms with Gasteiger partial charge in [-0.25, -0.2) is 8.42 Å². The molecular weight excluding hydrogens is 292 g/mol. The van der Waals surface area contributed by atoms with E-state index in [0.29, 0.717) is 13.2 Å². The maximum absolute atomic E-state index is 12.4. The van der Waals surface area contributed by atoms with Crippen LogP contribution in [0, 0.1) is 0 Å². The Bertz CT molecular complexity index is 592. The number of sulfonamides is 1. The zero-order valence-electron chi connectivity index (χ0n) is 12.0. The third-order valence-corrected chi connectivity index (χ3v) is 5.42. The summed E-state index contributed by atoms with van der Waals surface area (Å²) in [7, 11) is -2.04. The van der Waals surface area contributed by atoms with Gasteiger partial charge in [0.1, 0.15) is 0 Å². The molecule has 0 bridgehead atoms. The van der Waals surface area contributed by atoms with Crippen LogP contribution in [-0.2, 0) is 14.8 Å². The highest BCUT2D eigenvalue weighted by molar-refractivity contribution is 7.89. The molecular formula is C14H20N2O4S. The average Bonchev–Trinajstić information content (AvgIpc) is 2.48. The molecule has 1 unspecified atom stereocenters. The monoisotopic (exact) mass is 312 g/mol. The van der Waals surface area contributed by atoms with Crippen molar-refractivity contribution in [3.63, 3.8) is 0 Å². The Morgan fingerprint density at radius 3 is 2.52 bits per heavy atom. The van der Waals surface area contributed by atoms with Crippen LogP contribution in [0.1, 0.15) is 29.6 Å². The summed E-state index contributed by atoms with van der Waals surface area (Å²) >= 11 is 0. The zero-order chi connectivity index (χ0) is 15.5.